The molecule has 0 spiro atoms. The minimum Gasteiger partial charge on any atom is -0.506 e. The van der Waals surface area contributed by atoms with Crippen LogP contribution in [-0.4, -0.2) is 29.1 Å². The van der Waals surface area contributed by atoms with Gasteiger partial charge in [0.15, 0.2) is 0 Å². The zero-order valence-electron chi connectivity index (χ0n) is 15.7. The smallest absolute Gasteiger partial charge is 0.258 e. The molecule has 0 radical (unpaired) electrons. The van der Waals surface area contributed by atoms with Gasteiger partial charge < -0.3 is 14.7 Å². The summed E-state index contributed by atoms with van der Waals surface area (Å²) in [5.41, 5.74) is 5.59. The largest absolute Gasteiger partial charge is 0.506 e. The highest BCUT2D eigenvalue weighted by Gasteiger charge is 2.27. The van der Waals surface area contributed by atoms with Crippen molar-refractivity contribution in [2.75, 3.05) is 18.1 Å². The molecule has 2 aromatic carbocycles. The Kier molecular flexibility index (Phi) is 4.87. The average Bonchev–Trinajstić information content (AvgIpc) is 3.23. The second kappa shape index (κ2) is 7.56. The van der Waals surface area contributed by atoms with Crippen molar-refractivity contribution in [3.8, 4) is 22.8 Å². The Bertz CT molecular complexity index is 1200. The van der Waals surface area contributed by atoms with Gasteiger partial charge in [0.05, 0.1) is 15.5 Å². The van der Waals surface area contributed by atoms with E-state index in [-0.39, 0.29) is 11.7 Å². The van der Waals surface area contributed by atoms with Gasteiger partial charge in [0.25, 0.3) is 5.91 Å². The third kappa shape index (κ3) is 3.32. The molecule has 1 aliphatic carbocycles. The van der Waals surface area contributed by atoms with E-state index >= 15 is 0 Å². The molecule has 0 atom stereocenters. The average molecular weight is 528 g/mol. The number of halogens is 2. The summed E-state index contributed by atoms with van der Waals surface area (Å²) >= 11 is 6.59. The van der Waals surface area contributed by atoms with E-state index in [9.17, 15) is 9.90 Å². The number of anilines is 1. The number of allylic oxidation sites excluding steroid dienone is 1. The summed E-state index contributed by atoms with van der Waals surface area (Å²) in [7, 11) is 0. The van der Waals surface area contributed by atoms with Gasteiger partial charge in [0.1, 0.15) is 18.0 Å². The van der Waals surface area contributed by atoms with E-state index in [0.717, 1.165) is 17.5 Å². The number of phenolic OH excluding ortho intramolecular Hbond substituents is 1. The number of amides is 1. The van der Waals surface area contributed by atoms with Gasteiger partial charge >= 0.3 is 0 Å². The minimum atomic E-state index is -0.184. The van der Waals surface area contributed by atoms with Gasteiger partial charge in [-0.2, -0.15) is 0 Å². The lowest BCUT2D eigenvalue weighted by Crippen LogP contribution is -2.38. The number of phenols is 1. The molecular formula is C23H16Br2N2O3. The zero-order valence-corrected chi connectivity index (χ0v) is 18.9. The van der Waals surface area contributed by atoms with Crippen LogP contribution in [-0.2, 0) is 6.42 Å². The molecule has 5 nitrogen and oxygen atoms in total. The Balaban J connectivity index is 1.54. The number of benzene rings is 2. The molecule has 0 bridgehead atoms. The topological polar surface area (TPSA) is 62.7 Å². The molecule has 1 aliphatic heterocycles. The fourth-order valence-electron chi connectivity index (χ4n) is 3.74. The fraction of sp³-hybridized carbons (Fsp3) is 0.130. The van der Waals surface area contributed by atoms with Crippen molar-refractivity contribution in [1.82, 2.24) is 4.98 Å². The first-order chi connectivity index (χ1) is 14.5. The first-order valence-corrected chi connectivity index (χ1v) is 11.0. The number of hydrogen-bond donors (Lipinski definition) is 1. The van der Waals surface area contributed by atoms with Crippen LogP contribution in [0, 0.1) is 0 Å². The van der Waals surface area contributed by atoms with E-state index < -0.39 is 0 Å². The predicted octanol–water partition coefficient (Wildman–Crippen LogP) is 5.59. The highest BCUT2D eigenvalue weighted by molar-refractivity contribution is 9.11. The Morgan fingerprint density at radius 2 is 1.90 bits per heavy atom. The molecule has 0 saturated heterocycles. The predicted molar refractivity (Wildman–Crippen MR) is 123 cm³/mol. The molecular weight excluding hydrogens is 512 g/mol. The number of carbonyl (C=O) groups is 1. The van der Waals surface area contributed by atoms with Crippen molar-refractivity contribution >= 4 is 49.5 Å². The summed E-state index contributed by atoms with van der Waals surface area (Å²) in [6.45, 7) is 0.787. The lowest BCUT2D eigenvalue weighted by atomic mass is 10.0. The number of rotatable bonds is 2. The quantitative estimate of drug-likeness (QED) is 0.472. The molecule has 1 amide bonds. The molecule has 5 rings (SSSR count). The number of carbonyl (C=O) groups excluding carboxylic acids is 1. The molecule has 0 saturated carbocycles. The summed E-state index contributed by atoms with van der Waals surface area (Å²) in [6, 6.07) is 11.5. The summed E-state index contributed by atoms with van der Waals surface area (Å²) in [4.78, 5) is 19.4. The van der Waals surface area contributed by atoms with Gasteiger partial charge in [0.2, 0.25) is 5.88 Å². The molecule has 30 heavy (non-hydrogen) atoms. The van der Waals surface area contributed by atoms with Crippen LogP contribution in [0.15, 0.2) is 57.6 Å². The van der Waals surface area contributed by atoms with Crippen LogP contribution in [0.3, 0.4) is 0 Å². The van der Waals surface area contributed by atoms with Gasteiger partial charge in [-0.15, -0.1) is 0 Å². The normalized spacial score (nSPS) is 14.3. The Hall–Kier alpha value is -2.64. The van der Waals surface area contributed by atoms with Crippen LogP contribution in [0.1, 0.15) is 21.5 Å². The third-order valence-electron chi connectivity index (χ3n) is 5.30. The maximum absolute atomic E-state index is 13.3. The molecule has 7 heteroatoms. The van der Waals surface area contributed by atoms with Crippen molar-refractivity contribution in [3.05, 3.63) is 74.3 Å². The van der Waals surface area contributed by atoms with Crippen LogP contribution in [0.5, 0.6) is 11.6 Å². The molecule has 2 heterocycles. The first kappa shape index (κ1) is 19.3. The summed E-state index contributed by atoms with van der Waals surface area (Å²) in [5.74, 6) is 0.316. The van der Waals surface area contributed by atoms with E-state index in [1.807, 2.05) is 6.07 Å². The molecule has 1 aromatic heterocycles. The van der Waals surface area contributed by atoms with Crippen LogP contribution >= 0.6 is 31.9 Å². The van der Waals surface area contributed by atoms with Gasteiger partial charge in [-0.1, -0.05) is 24.3 Å². The van der Waals surface area contributed by atoms with Gasteiger partial charge in [0, 0.05) is 17.3 Å². The fourth-order valence-corrected chi connectivity index (χ4v) is 4.93. The van der Waals surface area contributed by atoms with Crippen LogP contribution in [0.25, 0.3) is 17.2 Å². The number of aromatic nitrogens is 1. The Morgan fingerprint density at radius 1 is 1.10 bits per heavy atom. The molecule has 1 N–H and O–H groups in total. The van der Waals surface area contributed by atoms with E-state index in [0.29, 0.717) is 39.2 Å². The van der Waals surface area contributed by atoms with Crippen LogP contribution in [0.2, 0.25) is 0 Å². The van der Waals surface area contributed by atoms with Crippen LogP contribution in [0.4, 0.5) is 5.69 Å². The second-order valence-electron chi connectivity index (χ2n) is 7.16. The van der Waals surface area contributed by atoms with E-state index in [1.165, 1.54) is 11.1 Å². The second-order valence-corrected chi connectivity index (χ2v) is 8.87. The Morgan fingerprint density at radius 3 is 2.70 bits per heavy atom. The standard InChI is InChI=1S/C23H16Br2N2O3/c24-18-9-16(10-19(25)21(18)28)23(29)27-6-7-30-22-20(27)11-17(12-26-22)15-5-4-13-2-1-3-14(13)8-15/h1,3-5,8-12,28H,2,6-7H2. The molecule has 3 aromatic rings. The van der Waals surface area contributed by atoms with Crippen molar-refractivity contribution < 1.29 is 14.6 Å². The zero-order chi connectivity index (χ0) is 20.8. The number of fused-ring (bicyclic) bond motifs is 2. The van der Waals surface area contributed by atoms with E-state index in [1.54, 1.807) is 23.2 Å². The lowest BCUT2D eigenvalue weighted by molar-refractivity contribution is 0.0975. The molecule has 2 aliphatic rings. The van der Waals surface area contributed by atoms with Crippen molar-refractivity contribution in [3.63, 3.8) is 0 Å². The Labute approximate surface area is 190 Å². The van der Waals surface area contributed by atoms with E-state index in [2.05, 4.69) is 67.2 Å². The minimum absolute atomic E-state index is 0.0588. The maximum atomic E-state index is 13.3. The highest BCUT2D eigenvalue weighted by atomic mass is 79.9. The van der Waals surface area contributed by atoms with Crippen molar-refractivity contribution in [2.45, 2.75) is 6.42 Å². The van der Waals surface area contributed by atoms with Crippen LogP contribution < -0.4 is 9.64 Å². The van der Waals surface area contributed by atoms with E-state index in [4.69, 9.17) is 4.74 Å². The van der Waals surface area contributed by atoms with Crippen molar-refractivity contribution in [1.29, 1.82) is 0 Å². The monoisotopic (exact) mass is 526 g/mol. The van der Waals surface area contributed by atoms with Gasteiger partial charge in [-0.05, 0) is 79.2 Å². The SMILES string of the molecule is O=C(c1cc(Br)c(O)c(Br)c1)N1CCOc2ncc(-c3ccc4c(c3)C=CC4)cc21. The maximum Gasteiger partial charge on any atom is 0.258 e. The lowest BCUT2D eigenvalue weighted by Gasteiger charge is -2.29. The molecule has 150 valence electrons. The van der Waals surface area contributed by atoms with Gasteiger partial charge in [-0.25, -0.2) is 4.98 Å². The number of ether oxygens (including phenoxy) is 1. The highest BCUT2D eigenvalue weighted by Crippen LogP contribution is 2.37. The van der Waals surface area contributed by atoms with Gasteiger partial charge in [-0.3, -0.25) is 4.79 Å². The molecule has 0 fully saturated rings. The summed E-state index contributed by atoms with van der Waals surface area (Å²) in [5, 5.41) is 9.96. The number of aromatic hydroxyl groups is 1. The number of nitrogens with zero attached hydrogens (tertiary/aromatic N) is 2. The molecule has 0 unspecified atom stereocenters. The van der Waals surface area contributed by atoms with Crippen molar-refractivity contribution in [2.24, 2.45) is 0 Å². The number of hydrogen-bond acceptors (Lipinski definition) is 4. The third-order valence-corrected chi connectivity index (χ3v) is 6.51. The first-order valence-electron chi connectivity index (χ1n) is 9.44. The summed E-state index contributed by atoms with van der Waals surface area (Å²) < 4.78 is 6.60. The number of pyridine rings is 1. The summed E-state index contributed by atoms with van der Waals surface area (Å²) in [6.07, 6.45) is 7.03.